The van der Waals surface area contributed by atoms with Crippen LogP contribution >= 0.6 is 0 Å². The van der Waals surface area contributed by atoms with Crippen molar-refractivity contribution >= 4 is 71.1 Å². The van der Waals surface area contributed by atoms with Crippen LogP contribution in [0.2, 0.25) is 0 Å². The number of guanidine groups is 1. The number of carboxylic acid groups (broad SMARTS) is 2. The number of hydrogen-bond donors (Lipinski definition) is 15. The van der Waals surface area contributed by atoms with E-state index in [2.05, 4.69) is 52.2 Å². The Balaban J connectivity index is 2.38. The lowest BCUT2D eigenvalue weighted by atomic mass is 9.99. The van der Waals surface area contributed by atoms with Crippen molar-refractivity contribution in [1.82, 2.24) is 52.1 Å². The Kier molecular flexibility index (Phi) is 25.2. The number of nitrogens with zero attached hydrogens (tertiary/aromatic N) is 3. The number of nitrogens with two attached hydrogens (primary N) is 4. The molecule has 1 fully saturated rings. The predicted octanol–water partition coefficient (Wildman–Crippen LogP) is -5.35. The van der Waals surface area contributed by atoms with Gasteiger partial charge < -0.3 is 85.4 Å². The van der Waals surface area contributed by atoms with Crippen LogP contribution in [0.3, 0.4) is 0 Å². The molecule has 0 radical (unpaired) electrons. The number of aliphatic imine (C=N–C) groups is 1. The van der Waals surface area contributed by atoms with Crippen LogP contribution in [0.15, 0.2) is 17.5 Å². The fourth-order valence-corrected chi connectivity index (χ4v) is 7.55. The second kappa shape index (κ2) is 29.8. The minimum atomic E-state index is -1.73. The number of hydrogen-bond acceptors (Lipinski definition) is 15. The Labute approximate surface area is 421 Å². The fourth-order valence-electron chi connectivity index (χ4n) is 7.55. The zero-order valence-corrected chi connectivity index (χ0v) is 41.8. The summed E-state index contributed by atoms with van der Waals surface area (Å²) in [6, 6.07) is -12.8. The number of aromatic nitrogens is 2. The van der Waals surface area contributed by atoms with Crippen LogP contribution < -0.4 is 60.2 Å². The molecule has 10 atom stereocenters. The van der Waals surface area contributed by atoms with Crippen molar-refractivity contribution in [1.29, 1.82) is 0 Å². The molecule has 0 saturated carbocycles. The molecule has 1 aliphatic rings. The van der Waals surface area contributed by atoms with E-state index in [1.807, 2.05) is 0 Å². The number of H-pyrrole nitrogens is 1. The van der Waals surface area contributed by atoms with Crippen LogP contribution in [0, 0.1) is 11.8 Å². The molecule has 29 nitrogen and oxygen atoms in total. The van der Waals surface area contributed by atoms with Crippen molar-refractivity contribution < 1.29 is 68.1 Å². The van der Waals surface area contributed by atoms with Crippen LogP contribution in [0.4, 0.5) is 0 Å². The number of primary amides is 1. The average Bonchev–Trinajstić information content (AvgIpc) is 4.01. The van der Waals surface area contributed by atoms with Crippen molar-refractivity contribution in [3.8, 4) is 0 Å². The maximum atomic E-state index is 14.4. The minimum Gasteiger partial charge on any atom is -0.481 e. The van der Waals surface area contributed by atoms with E-state index >= 15 is 0 Å². The van der Waals surface area contributed by atoms with E-state index in [0.717, 1.165) is 6.92 Å². The van der Waals surface area contributed by atoms with Crippen molar-refractivity contribution in [3.63, 3.8) is 0 Å². The number of carbonyl (C=O) groups excluding carboxylic acids is 9. The number of likely N-dealkylation sites (tertiary alicyclic amines) is 1. The Hall–Kier alpha value is -7.43. The second-order valence-electron chi connectivity index (χ2n) is 18.5. The van der Waals surface area contributed by atoms with Crippen LogP contribution in [-0.2, 0) is 59.2 Å². The van der Waals surface area contributed by atoms with Gasteiger partial charge in [-0.05, 0) is 64.2 Å². The van der Waals surface area contributed by atoms with E-state index in [1.54, 1.807) is 13.8 Å². The van der Waals surface area contributed by atoms with Gasteiger partial charge in [-0.15, -0.1) is 0 Å². The van der Waals surface area contributed by atoms with Crippen LogP contribution in [0.5, 0.6) is 0 Å². The Morgan fingerprint density at radius 3 is 1.84 bits per heavy atom. The van der Waals surface area contributed by atoms with E-state index in [0.29, 0.717) is 12.1 Å². The van der Waals surface area contributed by atoms with E-state index < -0.39 is 151 Å². The SMILES string of the molecule is CC(C)C[C@H](NC(=O)[C@H](CCC(=O)O)NC(=O)[C@@H](NC(=O)[C@H](CC(N)=O)NC(=O)[C@H](Cc1cnc[nH]1)NC(=O)[C@H](C)N)C(C)C)C(=O)N1CCC[C@H]1C(=O)N[C@@H](CCCN=C(N)N)C(=O)N[C@H](C(=O)O)[C@@H](C)O. The summed E-state index contributed by atoms with van der Waals surface area (Å²) in [7, 11) is 0. The van der Waals surface area contributed by atoms with Gasteiger partial charge in [0.25, 0.3) is 0 Å². The molecule has 29 heteroatoms. The quantitative estimate of drug-likeness (QED) is 0.0188. The van der Waals surface area contributed by atoms with Crippen molar-refractivity contribution in [3.05, 3.63) is 18.2 Å². The molecule has 1 saturated heterocycles. The van der Waals surface area contributed by atoms with Crippen molar-refractivity contribution in [2.75, 3.05) is 13.1 Å². The number of rotatable bonds is 31. The number of aliphatic hydroxyl groups is 1. The maximum absolute atomic E-state index is 14.4. The van der Waals surface area contributed by atoms with Crippen molar-refractivity contribution in [2.45, 2.75) is 160 Å². The number of carboxylic acids is 2. The highest BCUT2D eigenvalue weighted by molar-refractivity contribution is 5.99. The molecule has 0 spiro atoms. The van der Waals surface area contributed by atoms with Gasteiger partial charge in [-0.1, -0.05) is 27.7 Å². The highest BCUT2D eigenvalue weighted by Gasteiger charge is 2.41. The van der Waals surface area contributed by atoms with Crippen LogP contribution in [-0.4, -0.2) is 175 Å². The molecule has 19 N–H and O–H groups in total. The van der Waals surface area contributed by atoms with Gasteiger partial charge in [-0.2, -0.15) is 0 Å². The van der Waals surface area contributed by atoms with Gasteiger partial charge in [0.2, 0.25) is 53.2 Å². The topological polar surface area (TPSA) is 481 Å². The Bertz CT molecular complexity index is 2130. The maximum Gasteiger partial charge on any atom is 0.328 e. The summed E-state index contributed by atoms with van der Waals surface area (Å²) in [6.45, 7) is 9.12. The van der Waals surface area contributed by atoms with Gasteiger partial charge in [0, 0.05) is 37.8 Å². The third-order valence-electron chi connectivity index (χ3n) is 11.4. The summed E-state index contributed by atoms with van der Waals surface area (Å²) in [5.74, 6) is -12.3. The lowest BCUT2D eigenvalue weighted by Crippen LogP contribution is -2.61. The molecule has 2 heterocycles. The summed E-state index contributed by atoms with van der Waals surface area (Å²) >= 11 is 0. The highest BCUT2D eigenvalue weighted by atomic mass is 16.4. The number of carbonyl (C=O) groups is 11. The minimum absolute atomic E-state index is 0.00389. The van der Waals surface area contributed by atoms with Gasteiger partial charge in [0.15, 0.2) is 12.0 Å². The summed E-state index contributed by atoms with van der Waals surface area (Å²) in [5, 5.41) is 46.2. The average molecular weight is 1040 g/mol. The molecule has 408 valence electrons. The predicted molar refractivity (Wildman–Crippen MR) is 258 cm³/mol. The van der Waals surface area contributed by atoms with Gasteiger partial charge in [0.05, 0.1) is 24.9 Å². The van der Waals surface area contributed by atoms with Gasteiger partial charge in [-0.25, -0.2) is 9.78 Å². The first kappa shape index (κ1) is 61.7. The normalized spacial score (nSPS) is 17.0. The molecule has 2 rings (SSSR count). The second-order valence-corrected chi connectivity index (χ2v) is 18.5. The van der Waals surface area contributed by atoms with E-state index in [1.165, 1.54) is 38.2 Å². The highest BCUT2D eigenvalue weighted by Crippen LogP contribution is 2.22. The van der Waals surface area contributed by atoms with Gasteiger partial charge in [0.1, 0.15) is 42.3 Å². The molecule has 73 heavy (non-hydrogen) atoms. The van der Waals surface area contributed by atoms with E-state index in [-0.39, 0.29) is 57.1 Å². The van der Waals surface area contributed by atoms with Gasteiger partial charge >= 0.3 is 11.9 Å². The number of aromatic amines is 1. The first-order valence-electron chi connectivity index (χ1n) is 23.7. The van der Waals surface area contributed by atoms with Crippen LogP contribution in [0.1, 0.15) is 98.6 Å². The summed E-state index contributed by atoms with van der Waals surface area (Å²) in [5.41, 5.74) is 22.3. The third kappa shape index (κ3) is 21.1. The molecule has 0 unspecified atom stereocenters. The molecule has 1 aliphatic heterocycles. The van der Waals surface area contributed by atoms with E-state index in [9.17, 15) is 68.1 Å². The number of amides is 9. The molecule has 0 bridgehead atoms. The van der Waals surface area contributed by atoms with Crippen molar-refractivity contribution in [2.24, 2.45) is 39.8 Å². The zero-order valence-electron chi connectivity index (χ0n) is 41.8. The molecular formula is C44H73N15O14. The standard InChI is InChI=1S/C44H73N15O14/c1-20(2)15-29(42(71)59-14-8-10-30(59)40(69)52-25(9-7-13-50-44(47)48)37(66)58-34(23(6)60)43(72)73)56-36(65)26(11-12-32(62)63)53-41(70)33(21(3)4)57-39(68)28(17-31(46)61)55-38(67)27(54-35(64)22(5)45)16-24-18-49-19-51-24/h18-23,25-30,33-34,60H,7-17,45H2,1-6H3,(H2,46,61)(H,49,51)(H,52,69)(H,53,70)(H,54,64)(H,55,67)(H,56,65)(H,57,68)(H,58,66)(H,62,63)(H,72,73)(H4,47,48,50)/t22-,23+,25-,26-,27-,28-,29-,30-,33-,34-/m0/s1. The number of nitrogens with one attached hydrogen (secondary N) is 8. The largest absolute Gasteiger partial charge is 0.481 e. The molecular weight excluding hydrogens is 963 g/mol. The van der Waals surface area contributed by atoms with Crippen LogP contribution in [0.25, 0.3) is 0 Å². The Morgan fingerprint density at radius 1 is 0.740 bits per heavy atom. The lowest BCUT2D eigenvalue weighted by molar-refractivity contribution is -0.145. The van der Waals surface area contributed by atoms with Gasteiger partial charge in [-0.3, -0.25) is 52.9 Å². The smallest absolute Gasteiger partial charge is 0.328 e. The lowest BCUT2D eigenvalue weighted by Gasteiger charge is -2.32. The summed E-state index contributed by atoms with van der Waals surface area (Å²) in [4.78, 5) is 157. The molecule has 0 aromatic carbocycles. The molecule has 1 aromatic heterocycles. The summed E-state index contributed by atoms with van der Waals surface area (Å²) < 4.78 is 0. The zero-order chi connectivity index (χ0) is 55.3. The molecule has 9 amide bonds. The first-order valence-corrected chi connectivity index (χ1v) is 23.7. The number of aliphatic carboxylic acids is 2. The third-order valence-corrected chi connectivity index (χ3v) is 11.4. The number of imidazole rings is 1. The number of aliphatic hydroxyl groups excluding tert-OH is 1. The van der Waals surface area contributed by atoms with E-state index in [4.69, 9.17) is 22.9 Å². The Morgan fingerprint density at radius 2 is 1.30 bits per heavy atom. The molecule has 0 aliphatic carbocycles. The first-order chi connectivity index (χ1) is 34.1. The monoisotopic (exact) mass is 1040 g/mol. The summed E-state index contributed by atoms with van der Waals surface area (Å²) in [6.07, 6.45) is -0.360. The molecule has 1 aromatic rings. The fraction of sp³-hybridized carbons (Fsp3) is 0.659.